The maximum absolute atomic E-state index is 5.74. The first-order valence-corrected chi connectivity index (χ1v) is 5.57. The molecule has 0 saturated heterocycles. The Hall–Kier alpha value is -2.07. The zero-order chi connectivity index (χ0) is 11.7. The van der Waals surface area contributed by atoms with Crippen LogP contribution >= 0.6 is 0 Å². The van der Waals surface area contributed by atoms with E-state index in [1.165, 1.54) is 0 Å². The number of hydroxylamine groups is 1. The van der Waals surface area contributed by atoms with Crippen LogP contribution in [-0.4, -0.2) is 16.1 Å². The zero-order valence-electron chi connectivity index (χ0n) is 9.50. The van der Waals surface area contributed by atoms with Gasteiger partial charge in [-0.05, 0) is 13.0 Å². The maximum atomic E-state index is 5.74. The van der Waals surface area contributed by atoms with E-state index in [0.29, 0.717) is 0 Å². The van der Waals surface area contributed by atoms with Gasteiger partial charge in [0.25, 0.3) is 0 Å². The summed E-state index contributed by atoms with van der Waals surface area (Å²) < 4.78 is 0. The van der Waals surface area contributed by atoms with Crippen molar-refractivity contribution in [1.29, 1.82) is 0 Å². The first kappa shape index (κ1) is 10.1. The van der Waals surface area contributed by atoms with E-state index in [2.05, 4.69) is 28.2 Å². The summed E-state index contributed by atoms with van der Waals surface area (Å²) in [5.74, 6) is 0.837. The SMILES string of the molecule is CC1C=C(c2ccccc2)N(c2cnc[nH]2)O1. The van der Waals surface area contributed by atoms with Gasteiger partial charge in [-0.1, -0.05) is 30.3 Å². The summed E-state index contributed by atoms with van der Waals surface area (Å²) in [5, 5.41) is 1.78. The maximum Gasteiger partial charge on any atom is 0.155 e. The monoisotopic (exact) mass is 227 g/mol. The Kier molecular flexibility index (Phi) is 2.42. The molecule has 86 valence electrons. The molecule has 1 N–H and O–H groups in total. The minimum absolute atomic E-state index is 0.0634. The van der Waals surface area contributed by atoms with Crippen LogP contribution in [0.5, 0.6) is 0 Å². The fourth-order valence-electron chi connectivity index (χ4n) is 1.91. The molecule has 4 heteroatoms. The number of aromatic amines is 1. The van der Waals surface area contributed by atoms with E-state index in [1.807, 2.05) is 25.1 Å². The Bertz CT molecular complexity index is 519. The highest BCUT2D eigenvalue weighted by molar-refractivity contribution is 5.77. The van der Waals surface area contributed by atoms with Crippen LogP contribution in [0, 0.1) is 0 Å². The molecule has 3 rings (SSSR count). The summed E-state index contributed by atoms with van der Waals surface area (Å²) in [6.07, 6.45) is 5.54. The molecule has 0 fully saturated rings. The lowest BCUT2D eigenvalue weighted by molar-refractivity contribution is 0.116. The Balaban J connectivity index is 1.99. The van der Waals surface area contributed by atoms with E-state index in [9.17, 15) is 0 Å². The van der Waals surface area contributed by atoms with Crippen molar-refractivity contribution in [3.05, 3.63) is 54.5 Å². The minimum Gasteiger partial charge on any atom is -0.329 e. The molecule has 0 radical (unpaired) electrons. The van der Waals surface area contributed by atoms with Crippen molar-refractivity contribution in [3.63, 3.8) is 0 Å². The summed E-state index contributed by atoms with van der Waals surface area (Å²) in [6.45, 7) is 2.01. The normalized spacial score (nSPS) is 19.5. The number of nitrogens with zero attached hydrogens (tertiary/aromatic N) is 2. The third-order valence-corrected chi connectivity index (χ3v) is 2.66. The molecule has 17 heavy (non-hydrogen) atoms. The Morgan fingerprint density at radius 3 is 2.82 bits per heavy atom. The summed E-state index contributed by atoms with van der Waals surface area (Å²) in [6, 6.07) is 10.2. The van der Waals surface area contributed by atoms with Crippen LogP contribution in [0.15, 0.2) is 48.9 Å². The predicted molar refractivity (Wildman–Crippen MR) is 66.0 cm³/mol. The van der Waals surface area contributed by atoms with Crippen molar-refractivity contribution < 1.29 is 4.84 Å². The van der Waals surface area contributed by atoms with E-state index < -0.39 is 0 Å². The molecule has 2 heterocycles. The van der Waals surface area contributed by atoms with E-state index in [0.717, 1.165) is 17.1 Å². The standard InChI is InChI=1S/C13H13N3O/c1-10-7-12(11-5-3-2-4-6-11)16(17-10)13-8-14-9-15-13/h2-10H,1H3,(H,14,15). The van der Waals surface area contributed by atoms with Gasteiger partial charge in [0.15, 0.2) is 5.82 Å². The average molecular weight is 227 g/mol. The molecular formula is C13H13N3O. The highest BCUT2D eigenvalue weighted by Gasteiger charge is 2.24. The van der Waals surface area contributed by atoms with Gasteiger partial charge in [0, 0.05) is 5.56 Å². The van der Waals surface area contributed by atoms with Crippen LogP contribution in [0.4, 0.5) is 5.82 Å². The molecule has 2 aromatic rings. The van der Waals surface area contributed by atoms with Crippen molar-refractivity contribution in [2.45, 2.75) is 13.0 Å². The van der Waals surface area contributed by atoms with E-state index in [1.54, 1.807) is 17.6 Å². The van der Waals surface area contributed by atoms with Crippen molar-refractivity contribution in [2.75, 3.05) is 5.06 Å². The number of anilines is 1. The molecule has 1 aliphatic rings. The number of aromatic nitrogens is 2. The molecule has 0 saturated carbocycles. The average Bonchev–Trinajstić information content (AvgIpc) is 2.98. The molecule has 4 nitrogen and oxygen atoms in total. The summed E-state index contributed by atoms with van der Waals surface area (Å²) in [5.41, 5.74) is 2.17. The molecule has 1 aromatic heterocycles. The lowest BCUT2D eigenvalue weighted by Crippen LogP contribution is -2.19. The fraction of sp³-hybridized carbons (Fsp3) is 0.154. The minimum atomic E-state index is 0.0634. The second kappa shape index (κ2) is 4.07. The highest BCUT2D eigenvalue weighted by Crippen LogP contribution is 2.31. The second-order valence-corrected chi connectivity index (χ2v) is 3.96. The molecule has 1 unspecified atom stereocenters. The van der Waals surface area contributed by atoms with Gasteiger partial charge in [0.1, 0.15) is 6.10 Å². The number of H-pyrrole nitrogens is 1. The Morgan fingerprint density at radius 1 is 1.29 bits per heavy atom. The van der Waals surface area contributed by atoms with Gasteiger partial charge in [-0.3, -0.25) is 4.84 Å². The number of hydrogen-bond donors (Lipinski definition) is 1. The van der Waals surface area contributed by atoms with E-state index in [4.69, 9.17) is 4.84 Å². The van der Waals surface area contributed by atoms with Gasteiger partial charge in [0.05, 0.1) is 18.2 Å². The smallest absolute Gasteiger partial charge is 0.155 e. The van der Waals surface area contributed by atoms with E-state index in [-0.39, 0.29) is 6.10 Å². The zero-order valence-corrected chi connectivity index (χ0v) is 9.50. The Labute approximate surface area is 99.5 Å². The number of imidazole rings is 1. The lowest BCUT2D eigenvalue weighted by Gasteiger charge is -2.19. The van der Waals surface area contributed by atoms with Crippen LogP contribution in [0.3, 0.4) is 0 Å². The molecule has 1 atom stereocenters. The van der Waals surface area contributed by atoms with Crippen LogP contribution < -0.4 is 5.06 Å². The van der Waals surface area contributed by atoms with Gasteiger partial charge < -0.3 is 4.98 Å². The third-order valence-electron chi connectivity index (χ3n) is 2.66. The number of rotatable bonds is 2. The predicted octanol–water partition coefficient (Wildman–Crippen LogP) is 2.59. The first-order chi connectivity index (χ1) is 8.34. The van der Waals surface area contributed by atoms with Gasteiger partial charge in [-0.2, -0.15) is 0 Å². The lowest BCUT2D eigenvalue weighted by atomic mass is 10.1. The second-order valence-electron chi connectivity index (χ2n) is 3.96. The van der Waals surface area contributed by atoms with E-state index >= 15 is 0 Å². The third kappa shape index (κ3) is 1.83. The van der Waals surface area contributed by atoms with Crippen molar-refractivity contribution in [2.24, 2.45) is 0 Å². The number of benzene rings is 1. The molecule has 1 aromatic carbocycles. The molecule has 1 aliphatic heterocycles. The Morgan fingerprint density at radius 2 is 2.12 bits per heavy atom. The molecular weight excluding hydrogens is 214 g/mol. The van der Waals surface area contributed by atoms with Crippen LogP contribution in [0.2, 0.25) is 0 Å². The summed E-state index contributed by atoms with van der Waals surface area (Å²) in [7, 11) is 0. The van der Waals surface area contributed by atoms with Crippen LogP contribution in [-0.2, 0) is 4.84 Å². The van der Waals surface area contributed by atoms with Crippen molar-refractivity contribution in [3.8, 4) is 0 Å². The molecule has 0 bridgehead atoms. The van der Waals surface area contributed by atoms with Crippen LogP contribution in [0.25, 0.3) is 5.70 Å². The van der Waals surface area contributed by atoms with Gasteiger partial charge in [-0.15, -0.1) is 0 Å². The molecule has 0 aliphatic carbocycles. The topological polar surface area (TPSA) is 41.2 Å². The van der Waals surface area contributed by atoms with Crippen molar-refractivity contribution in [1.82, 2.24) is 9.97 Å². The van der Waals surface area contributed by atoms with Gasteiger partial charge in [-0.25, -0.2) is 10.0 Å². The van der Waals surface area contributed by atoms with Gasteiger partial charge in [0.2, 0.25) is 0 Å². The summed E-state index contributed by atoms with van der Waals surface area (Å²) >= 11 is 0. The number of hydrogen-bond acceptors (Lipinski definition) is 3. The fourth-order valence-corrected chi connectivity index (χ4v) is 1.91. The quantitative estimate of drug-likeness (QED) is 0.857. The van der Waals surface area contributed by atoms with Crippen molar-refractivity contribution >= 4 is 11.5 Å². The molecule has 0 spiro atoms. The first-order valence-electron chi connectivity index (χ1n) is 5.57. The highest BCUT2D eigenvalue weighted by atomic mass is 16.7. The largest absolute Gasteiger partial charge is 0.329 e. The van der Waals surface area contributed by atoms with Crippen LogP contribution in [0.1, 0.15) is 12.5 Å². The van der Waals surface area contributed by atoms with Gasteiger partial charge >= 0.3 is 0 Å². The summed E-state index contributed by atoms with van der Waals surface area (Å²) in [4.78, 5) is 12.8. The molecule has 0 amide bonds. The number of nitrogens with one attached hydrogen (secondary N) is 1.